The zero-order valence-corrected chi connectivity index (χ0v) is 17.0. The highest BCUT2D eigenvalue weighted by molar-refractivity contribution is 5.91. The van der Waals surface area contributed by atoms with Crippen LogP contribution in [0.5, 0.6) is 5.75 Å². The molecule has 2 saturated carbocycles. The predicted octanol–water partition coefficient (Wildman–Crippen LogP) is 5.55. The minimum atomic E-state index is -1.27. The van der Waals surface area contributed by atoms with Crippen LogP contribution in [0.15, 0.2) is 42.5 Å². The predicted molar refractivity (Wildman–Crippen MR) is 112 cm³/mol. The van der Waals surface area contributed by atoms with Gasteiger partial charge in [-0.25, -0.2) is 4.39 Å². The van der Waals surface area contributed by atoms with E-state index in [2.05, 4.69) is 18.2 Å². The highest BCUT2D eigenvalue weighted by atomic mass is 19.1. The minimum Gasteiger partial charge on any atom is -0.508 e. The molecule has 0 aliphatic heterocycles. The average molecular weight is 393 g/mol. The summed E-state index contributed by atoms with van der Waals surface area (Å²) >= 11 is 0. The van der Waals surface area contributed by atoms with Crippen molar-refractivity contribution in [1.82, 2.24) is 0 Å². The number of ketones is 1. The first kappa shape index (κ1) is 18.8. The van der Waals surface area contributed by atoms with E-state index in [0.717, 1.165) is 44.1 Å². The fraction of sp³-hybridized carbons (Fsp3) is 0.500. The molecule has 152 valence electrons. The lowest BCUT2D eigenvalue weighted by Gasteiger charge is -2.48. The van der Waals surface area contributed by atoms with Crippen LogP contribution in [0, 0.1) is 17.3 Å². The normalized spacial score (nSPS) is 33.1. The summed E-state index contributed by atoms with van der Waals surface area (Å²) in [5.74, 6) is 1.20. The maximum atomic E-state index is 14.3. The van der Waals surface area contributed by atoms with Crippen molar-refractivity contribution in [1.29, 1.82) is 0 Å². The van der Waals surface area contributed by atoms with Crippen LogP contribution in [0.4, 0.5) is 4.39 Å². The standard InChI is InChI=1S/C26H29FO2/c1-26-12-11-19-20(22(26)15-23(27)25(26)29)10-9-17-14-24(28)18(13-21(17)19)8-7-16-5-3-2-4-6-16/h2-6,13-14,19-20,22-23,28H,7-12,15H2,1H3/t19?,20?,22?,23-,26-/m0/s1. The number of Topliss-reactive ketones (excluding diaryl/α,β-unsaturated/α-hetero) is 1. The molecular formula is C26H29FO2. The van der Waals surface area contributed by atoms with Gasteiger partial charge in [0.05, 0.1) is 0 Å². The lowest BCUT2D eigenvalue weighted by atomic mass is 9.55. The monoisotopic (exact) mass is 392 g/mol. The van der Waals surface area contributed by atoms with E-state index < -0.39 is 11.6 Å². The average Bonchev–Trinajstić information content (AvgIpc) is 2.96. The number of benzene rings is 2. The third-order valence-corrected chi connectivity index (χ3v) is 8.15. The highest BCUT2D eigenvalue weighted by Gasteiger charge is 2.58. The molecule has 0 amide bonds. The van der Waals surface area contributed by atoms with Crippen LogP contribution in [0.3, 0.4) is 0 Å². The van der Waals surface area contributed by atoms with Crippen molar-refractivity contribution in [2.75, 3.05) is 0 Å². The maximum absolute atomic E-state index is 14.3. The van der Waals surface area contributed by atoms with E-state index in [4.69, 9.17) is 0 Å². The summed E-state index contributed by atoms with van der Waals surface area (Å²) in [6.45, 7) is 2.01. The quantitative estimate of drug-likeness (QED) is 0.743. The Hall–Kier alpha value is -2.16. The maximum Gasteiger partial charge on any atom is 0.173 e. The summed E-state index contributed by atoms with van der Waals surface area (Å²) in [7, 11) is 0. The van der Waals surface area contributed by atoms with E-state index in [0.29, 0.717) is 24.0 Å². The number of hydrogen-bond donors (Lipinski definition) is 1. The molecule has 2 aromatic rings. The van der Waals surface area contributed by atoms with E-state index in [1.807, 2.05) is 31.2 Å². The molecule has 3 aliphatic carbocycles. The number of hydrogen-bond acceptors (Lipinski definition) is 2. The molecule has 0 radical (unpaired) electrons. The molecule has 0 aromatic heterocycles. The number of phenols is 1. The van der Waals surface area contributed by atoms with Gasteiger partial charge < -0.3 is 5.11 Å². The van der Waals surface area contributed by atoms with Gasteiger partial charge in [0.15, 0.2) is 12.0 Å². The molecule has 5 atom stereocenters. The van der Waals surface area contributed by atoms with Crippen molar-refractivity contribution in [3.63, 3.8) is 0 Å². The second kappa shape index (κ2) is 6.97. The fourth-order valence-corrected chi connectivity index (χ4v) is 6.53. The lowest BCUT2D eigenvalue weighted by Crippen LogP contribution is -2.42. The van der Waals surface area contributed by atoms with Gasteiger partial charge in [0.2, 0.25) is 0 Å². The molecule has 3 unspecified atom stereocenters. The Morgan fingerprint density at radius 3 is 2.72 bits per heavy atom. The van der Waals surface area contributed by atoms with Crippen LogP contribution in [0.25, 0.3) is 0 Å². The SMILES string of the molecule is C[C@]12CCC3c4cc(CCc5ccccc5)c(O)cc4CCC3C1C[C@H](F)C2=O. The molecule has 2 aromatic carbocycles. The second-order valence-electron chi connectivity index (χ2n) is 9.60. The summed E-state index contributed by atoms with van der Waals surface area (Å²) < 4.78 is 14.3. The Morgan fingerprint density at radius 1 is 1.14 bits per heavy atom. The van der Waals surface area contributed by atoms with E-state index in [-0.39, 0.29) is 11.7 Å². The third kappa shape index (κ3) is 3.01. The van der Waals surface area contributed by atoms with Crippen molar-refractivity contribution >= 4 is 5.78 Å². The van der Waals surface area contributed by atoms with Crippen molar-refractivity contribution in [3.8, 4) is 5.75 Å². The van der Waals surface area contributed by atoms with Gasteiger partial charge in [-0.3, -0.25) is 4.79 Å². The highest BCUT2D eigenvalue weighted by Crippen LogP contribution is 2.60. The topological polar surface area (TPSA) is 37.3 Å². The third-order valence-electron chi connectivity index (χ3n) is 8.15. The molecule has 3 heteroatoms. The van der Waals surface area contributed by atoms with Gasteiger partial charge >= 0.3 is 0 Å². The number of fused-ring (bicyclic) bond motifs is 5. The number of aryl methyl sites for hydroxylation is 3. The van der Waals surface area contributed by atoms with Crippen LogP contribution in [0.1, 0.15) is 60.8 Å². The minimum absolute atomic E-state index is 0.152. The van der Waals surface area contributed by atoms with Crippen LogP contribution < -0.4 is 0 Å². The second-order valence-corrected chi connectivity index (χ2v) is 9.60. The van der Waals surface area contributed by atoms with E-state index >= 15 is 0 Å². The molecule has 0 heterocycles. The molecule has 2 nitrogen and oxygen atoms in total. The van der Waals surface area contributed by atoms with Gasteiger partial charge in [-0.1, -0.05) is 43.3 Å². The molecule has 29 heavy (non-hydrogen) atoms. The number of carbonyl (C=O) groups excluding carboxylic acids is 1. The van der Waals surface area contributed by atoms with Gasteiger partial charge in [-0.2, -0.15) is 0 Å². The van der Waals surface area contributed by atoms with Gasteiger partial charge in [0.25, 0.3) is 0 Å². The first-order valence-electron chi connectivity index (χ1n) is 11.0. The number of alkyl halides is 1. The molecule has 2 fully saturated rings. The number of aromatic hydroxyl groups is 1. The first-order valence-corrected chi connectivity index (χ1v) is 11.0. The van der Waals surface area contributed by atoms with Crippen LogP contribution in [-0.2, 0) is 24.1 Å². The fourth-order valence-electron chi connectivity index (χ4n) is 6.53. The smallest absolute Gasteiger partial charge is 0.173 e. The molecule has 1 N–H and O–H groups in total. The van der Waals surface area contributed by atoms with Crippen molar-refractivity contribution in [2.45, 2.75) is 64.0 Å². The molecule has 3 aliphatic rings. The van der Waals surface area contributed by atoms with Gasteiger partial charge in [0, 0.05) is 5.41 Å². The molecular weight excluding hydrogens is 363 g/mol. The number of carbonyl (C=O) groups is 1. The van der Waals surface area contributed by atoms with E-state index in [1.54, 1.807) is 0 Å². The van der Waals surface area contributed by atoms with Gasteiger partial charge in [-0.15, -0.1) is 0 Å². The lowest BCUT2D eigenvalue weighted by molar-refractivity contribution is -0.132. The summed E-state index contributed by atoms with van der Waals surface area (Å²) in [6.07, 6.45) is 4.51. The number of phenolic OH excluding ortho intramolecular Hbond substituents is 1. The Bertz CT molecular complexity index is 937. The Labute approximate surface area is 172 Å². The molecule has 0 saturated heterocycles. The van der Waals surface area contributed by atoms with Crippen LogP contribution in [-0.4, -0.2) is 17.1 Å². The molecule has 0 bridgehead atoms. The summed E-state index contributed by atoms with van der Waals surface area (Å²) in [6, 6.07) is 14.6. The Kier molecular flexibility index (Phi) is 4.53. The van der Waals surface area contributed by atoms with Crippen LogP contribution >= 0.6 is 0 Å². The van der Waals surface area contributed by atoms with Crippen molar-refractivity contribution in [3.05, 3.63) is 64.7 Å². The van der Waals surface area contributed by atoms with Gasteiger partial charge in [-0.05, 0) is 91.0 Å². The van der Waals surface area contributed by atoms with E-state index in [1.165, 1.54) is 16.7 Å². The molecule has 5 rings (SSSR count). The largest absolute Gasteiger partial charge is 0.508 e. The number of halogens is 1. The number of rotatable bonds is 3. The Morgan fingerprint density at radius 2 is 1.93 bits per heavy atom. The summed E-state index contributed by atoms with van der Waals surface area (Å²) in [5, 5.41) is 10.6. The summed E-state index contributed by atoms with van der Waals surface area (Å²) in [5.41, 5.74) is 4.41. The molecule has 0 spiro atoms. The zero-order valence-electron chi connectivity index (χ0n) is 17.0. The van der Waals surface area contributed by atoms with Crippen molar-refractivity contribution < 1.29 is 14.3 Å². The zero-order chi connectivity index (χ0) is 20.2. The van der Waals surface area contributed by atoms with E-state index in [9.17, 15) is 14.3 Å². The summed E-state index contributed by atoms with van der Waals surface area (Å²) in [4.78, 5) is 12.5. The van der Waals surface area contributed by atoms with Gasteiger partial charge in [0.1, 0.15) is 5.75 Å². The van der Waals surface area contributed by atoms with Crippen LogP contribution in [0.2, 0.25) is 0 Å². The van der Waals surface area contributed by atoms with Crippen molar-refractivity contribution in [2.24, 2.45) is 17.3 Å². The Balaban J connectivity index is 1.43. The first-order chi connectivity index (χ1) is 14.0.